The van der Waals surface area contributed by atoms with Gasteiger partial charge in [-0.25, -0.2) is 0 Å². The largest absolute Gasteiger partial charge is 0.390 e. The second-order valence-electron chi connectivity index (χ2n) is 13.1. The summed E-state index contributed by atoms with van der Waals surface area (Å²) in [5.41, 5.74) is -0.371. The molecule has 32 heavy (non-hydrogen) atoms. The third kappa shape index (κ3) is 2.69. The van der Waals surface area contributed by atoms with Gasteiger partial charge in [0.1, 0.15) is 5.78 Å². The molecule has 0 aromatic carbocycles. The van der Waals surface area contributed by atoms with Crippen LogP contribution >= 0.6 is 0 Å². The van der Waals surface area contributed by atoms with Gasteiger partial charge in [0.15, 0.2) is 5.79 Å². The van der Waals surface area contributed by atoms with Crippen molar-refractivity contribution in [1.29, 1.82) is 0 Å². The lowest BCUT2D eigenvalue weighted by atomic mass is 9.43. The van der Waals surface area contributed by atoms with E-state index >= 15 is 0 Å². The van der Waals surface area contributed by atoms with Crippen LogP contribution in [0, 0.1) is 52.3 Å². The molecule has 2 saturated heterocycles. The fourth-order valence-electron chi connectivity index (χ4n) is 9.97. The zero-order valence-corrected chi connectivity index (χ0v) is 20.3. The average Bonchev–Trinajstić information content (AvgIpc) is 3.19. The first-order valence-electron chi connectivity index (χ1n) is 13.3. The van der Waals surface area contributed by atoms with Crippen LogP contribution in [0.4, 0.5) is 0 Å². The molecule has 13 atom stereocenters. The van der Waals surface area contributed by atoms with Crippen molar-refractivity contribution < 1.29 is 24.5 Å². The molecule has 0 amide bonds. The number of aliphatic hydroxyl groups excluding tert-OH is 2. The molecule has 180 valence electrons. The van der Waals surface area contributed by atoms with Crippen molar-refractivity contribution in [2.75, 3.05) is 6.61 Å². The highest BCUT2D eigenvalue weighted by Crippen LogP contribution is 2.70. The van der Waals surface area contributed by atoms with Gasteiger partial charge < -0.3 is 19.7 Å². The van der Waals surface area contributed by atoms with Gasteiger partial charge in [-0.2, -0.15) is 0 Å². The number of aliphatic hydroxyl groups is 2. The van der Waals surface area contributed by atoms with Crippen LogP contribution < -0.4 is 0 Å². The molecule has 6 aliphatic rings. The van der Waals surface area contributed by atoms with Gasteiger partial charge in [-0.15, -0.1) is 0 Å². The lowest BCUT2D eigenvalue weighted by Crippen LogP contribution is -2.59. The lowest BCUT2D eigenvalue weighted by Gasteiger charge is -2.61. The molecule has 13 unspecified atom stereocenters. The maximum absolute atomic E-state index is 14.0. The van der Waals surface area contributed by atoms with E-state index in [1.807, 2.05) is 0 Å². The normalized spacial score (nSPS) is 61.8. The van der Waals surface area contributed by atoms with Crippen LogP contribution in [0.1, 0.15) is 79.1 Å². The Balaban J connectivity index is 1.30. The predicted octanol–water partition coefficient (Wildman–Crippen LogP) is 3.94. The lowest BCUT2D eigenvalue weighted by molar-refractivity contribution is -0.272. The van der Waals surface area contributed by atoms with E-state index in [9.17, 15) is 15.0 Å². The van der Waals surface area contributed by atoms with E-state index in [0.717, 1.165) is 38.7 Å². The third-order valence-corrected chi connectivity index (χ3v) is 11.8. The van der Waals surface area contributed by atoms with Crippen molar-refractivity contribution in [3.8, 4) is 0 Å². The molecule has 4 saturated carbocycles. The second kappa shape index (κ2) is 7.02. The minimum Gasteiger partial charge on any atom is -0.390 e. The summed E-state index contributed by atoms with van der Waals surface area (Å²) in [5.74, 6) is 2.64. The summed E-state index contributed by atoms with van der Waals surface area (Å²) in [6.07, 6.45) is 6.12. The molecule has 1 spiro atoms. The predicted molar refractivity (Wildman–Crippen MR) is 120 cm³/mol. The fraction of sp³-hybridized carbons (Fsp3) is 0.963. The second-order valence-corrected chi connectivity index (χ2v) is 13.1. The molecule has 0 aromatic heterocycles. The number of fused-ring (bicyclic) bond motifs is 7. The van der Waals surface area contributed by atoms with E-state index in [1.165, 1.54) is 0 Å². The molecule has 4 aliphatic carbocycles. The van der Waals surface area contributed by atoms with E-state index in [4.69, 9.17) is 9.47 Å². The van der Waals surface area contributed by atoms with E-state index in [0.29, 0.717) is 54.6 Å². The molecule has 0 radical (unpaired) electrons. The van der Waals surface area contributed by atoms with Crippen LogP contribution in [0.3, 0.4) is 0 Å². The Hall–Kier alpha value is -0.490. The van der Waals surface area contributed by atoms with Crippen molar-refractivity contribution in [2.24, 2.45) is 52.3 Å². The first kappa shape index (κ1) is 22.0. The smallest absolute Gasteiger partial charge is 0.171 e. The molecule has 6 rings (SSSR count). The van der Waals surface area contributed by atoms with Crippen molar-refractivity contribution in [3.05, 3.63) is 0 Å². The van der Waals surface area contributed by atoms with Gasteiger partial charge in [-0.3, -0.25) is 4.79 Å². The van der Waals surface area contributed by atoms with Gasteiger partial charge in [-0.1, -0.05) is 27.7 Å². The quantitative estimate of drug-likeness (QED) is 0.589. The van der Waals surface area contributed by atoms with Gasteiger partial charge in [0.25, 0.3) is 0 Å². The summed E-state index contributed by atoms with van der Waals surface area (Å²) in [4.78, 5) is 14.0. The Morgan fingerprint density at radius 3 is 2.50 bits per heavy atom. The van der Waals surface area contributed by atoms with Crippen molar-refractivity contribution in [2.45, 2.75) is 103 Å². The molecule has 0 bridgehead atoms. The number of hydrogen-bond acceptors (Lipinski definition) is 5. The summed E-state index contributed by atoms with van der Waals surface area (Å²) in [7, 11) is 0. The Bertz CT molecular complexity index is 789. The summed E-state index contributed by atoms with van der Waals surface area (Å²) in [6, 6.07) is 0. The number of hydrogen-bond donors (Lipinski definition) is 2. The Labute approximate surface area is 192 Å². The van der Waals surface area contributed by atoms with Crippen molar-refractivity contribution in [3.63, 3.8) is 0 Å². The maximum Gasteiger partial charge on any atom is 0.171 e. The number of ketones is 1. The van der Waals surface area contributed by atoms with Crippen LogP contribution in [0.15, 0.2) is 0 Å². The first-order chi connectivity index (χ1) is 15.1. The van der Waals surface area contributed by atoms with Gasteiger partial charge >= 0.3 is 0 Å². The summed E-state index contributed by atoms with van der Waals surface area (Å²) < 4.78 is 13.2. The fourth-order valence-corrected chi connectivity index (χ4v) is 9.97. The Morgan fingerprint density at radius 1 is 1.00 bits per heavy atom. The highest BCUT2D eigenvalue weighted by atomic mass is 16.7. The van der Waals surface area contributed by atoms with E-state index < -0.39 is 18.0 Å². The van der Waals surface area contributed by atoms with Gasteiger partial charge in [0.05, 0.1) is 24.9 Å². The minimum absolute atomic E-state index is 0.0490. The van der Waals surface area contributed by atoms with Crippen LogP contribution in [0.2, 0.25) is 0 Å². The zero-order valence-electron chi connectivity index (χ0n) is 20.3. The molecule has 5 nitrogen and oxygen atoms in total. The third-order valence-electron chi connectivity index (χ3n) is 11.8. The van der Waals surface area contributed by atoms with Gasteiger partial charge in [0.2, 0.25) is 0 Å². The molecule has 2 aliphatic heterocycles. The summed E-state index contributed by atoms with van der Waals surface area (Å²) in [5, 5.41) is 20.8. The topological polar surface area (TPSA) is 76.0 Å². The number of rotatable bonds is 0. The Morgan fingerprint density at radius 2 is 1.78 bits per heavy atom. The zero-order chi connectivity index (χ0) is 22.6. The highest BCUT2D eigenvalue weighted by Gasteiger charge is 2.71. The minimum atomic E-state index is -0.657. The van der Waals surface area contributed by atoms with Crippen LogP contribution in [0.5, 0.6) is 0 Å². The van der Waals surface area contributed by atoms with E-state index in [1.54, 1.807) is 0 Å². The number of ether oxygens (including phenoxy) is 2. The standard InChI is InChI=1S/C27H42O5/c1-14-7-8-27(31-13-14)15(2)24-22(32-27)10-19-17-6-5-16-9-20(28)21(29)12-25(16,3)18(17)11-23(30)26(19,24)4/h14-22,24,28-29H,5-13H2,1-4H3. The number of carbonyl (C=O) groups is 1. The highest BCUT2D eigenvalue weighted by molar-refractivity contribution is 5.87. The van der Waals surface area contributed by atoms with E-state index in [2.05, 4.69) is 27.7 Å². The maximum atomic E-state index is 14.0. The SMILES string of the molecule is CC1CCC2(OC1)OC1CC3C4CCC5CC(O)C(O)CC5(C)C4CC(=O)C3(C)C1C2C. The molecular formula is C27H42O5. The van der Waals surface area contributed by atoms with Gasteiger partial charge in [-0.05, 0) is 73.5 Å². The molecule has 5 heteroatoms. The molecule has 0 aromatic rings. The van der Waals surface area contributed by atoms with Crippen molar-refractivity contribution >= 4 is 5.78 Å². The average molecular weight is 447 g/mol. The van der Waals surface area contributed by atoms with E-state index in [-0.39, 0.29) is 28.8 Å². The molecule has 2 N–H and O–H groups in total. The number of Topliss-reactive ketones (excluding diaryl/α,β-unsaturated/α-hetero) is 1. The van der Waals surface area contributed by atoms with Crippen LogP contribution in [0.25, 0.3) is 0 Å². The summed E-state index contributed by atoms with van der Waals surface area (Å²) in [6.45, 7) is 9.86. The number of carbonyl (C=O) groups excluding carboxylic acids is 1. The van der Waals surface area contributed by atoms with Crippen LogP contribution in [-0.2, 0) is 14.3 Å². The molecule has 6 fully saturated rings. The Kier molecular flexibility index (Phi) is 4.83. The van der Waals surface area contributed by atoms with Crippen LogP contribution in [-0.4, -0.2) is 46.7 Å². The monoisotopic (exact) mass is 446 g/mol. The van der Waals surface area contributed by atoms with Crippen molar-refractivity contribution in [1.82, 2.24) is 0 Å². The van der Waals surface area contributed by atoms with Gasteiger partial charge in [0, 0.05) is 30.1 Å². The molecular weight excluding hydrogens is 404 g/mol. The summed E-state index contributed by atoms with van der Waals surface area (Å²) >= 11 is 0. The molecule has 2 heterocycles. The first-order valence-corrected chi connectivity index (χ1v) is 13.3.